The molecule has 1 aromatic carbocycles. The van der Waals surface area contributed by atoms with Gasteiger partial charge in [0.25, 0.3) is 11.5 Å². The Kier molecular flexibility index (Phi) is 4.16. The van der Waals surface area contributed by atoms with E-state index in [-0.39, 0.29) is 17.0 Å². The summed E-state index contributed by atoms with van der Waals surface area (Å²) in [7, 11) is 0. The number of hydrogen-bond acceptors (Lipinski definition) is 5. The molecule has 8 heteroatoms. The van der Waals surface area contributed by atoms with Crippen LogP contribution in [0.15, 0.2) is 40.4 Å². The van der Waals surface area contributed by atoms with Crippen LogP contribution in [-0.4, -0.2) is 27.1 Å². The van der Waals surface area contributed by atoms with E-state index in [0.717, 1.165) is 5.75 Å². The van der Waals surface area contributed by atoms with Gasteiger partial charge < -0.3 is 10.6 Å². The Hall–Kier alpha value is -2.61. The second-order valence-corrected chi connectivity index (χ2v) is 6.03. The zero-order chi connectivity index (χ0) is 16.4. The van der Waals surface area contributed by atoms with E-state index in [1.54, 1.807) is 24.3 Å². The highest BCUT2D eigenvalue weighted by Gasteiger charge is 2.19. The summed E-state index contributed by atoms with van der Waals surface area (Å²) < 4.78 is 1.51. The quantitative estimate of drug-likeness (QED) is 0.833. The van der Waals surface area contributed by atoms with E-state index in [2.05, 4.69) is 15.6 Å². The maximum absolute atomic E-state index is 12.3. The topological polar surface area (TPSA) is 93.1 Å². The summed E-state index contributed by atoms with van der Waals surface area (Å²) >= 11 is 1.50. The van der Waals surface area contributed by atoms with Gasteiger partial charge >= 0.3 is 0 Å². The minimum atomic E-state index is -0.498. The van der Waals surface area contributed by atoms with E-state index in [9.17, 15) is 14.4 Å². The van der Waals surface area contributed by atoms with Crippen LogP contribution in [0.4, 0.5) is 11.4 Å². The summed E-state index contributed by atoms with van der Waals surface area (Å²) in [6.45, 7) is 1.99. The molecule has 118 valence electrons. The average Bonchev–Trinajstić information content (AvgIpc) is 2.98. The summed E-state index contributed by atoms with van der Waals surface area (Å²) in [6, 6.07) is 6.64. The molecule has 0 radical (unpaired) electrons. The predicted molar refractivity (Wildman–Crippen MR) is 87.9 cm³/mol. The number of carbonyl (C=O) groups is 2. The molecule has 2 N–H and O–H groups in total. The highest BCUT2D eigenvalue weighted by atomic mass is 32.2. The molecular weight excluding hydrogens is 316 g/mol. The van der Waals surface area contributed by atoms with Gasteiger partial charge in [0.1, 0.15) is 5.56 Å². The lowest BCUT2D eigenvalue weighted by Crippen LogP contribution is -2.29. The first kappa shape index (κ1) is 15.3. The van der Waals surface area contributed by atoms with Crippen LogP contribution in [0.3, 0.4) is 0 Å². The highest BCUT2D eigenvalue weighted by molar-refractivity contribution is 7.99. The summed E-state index contributed by atoms with van der Waals surface area (Å²) in [4.78, 5) is 39.6. The lowest BCUT2D eigenvalue weighted by Gasteiger charge is -2.08. The van der Waals surface area contributed by atoms with Crippen molar-refractivity contribution in [2.45, 2.75) is 18.6 Å². The third-order valence-corrected chi connectivity index (χ3v) is 4.24. The second kappa shape index (κ2) is 6.25. The third kappa shape index (κ3) is 3.26. The Morgan fingerprint density at radius 2 is 1.83 bits per heavy atom. The van der Waals surface area contributed by atoms with Crippen molar-refractivity contribution in [3.63, 3.8) is 0 Å². The van der Waals surface area contributed by atoms with Crippen molar-refractivity contribution in [1.82, 2.24) is 9.55 Å². The van der Waals surface area contributed by atoms with Crippen LogP contribution < -0.4 is 16.2 Å². The van der Waals surface area contributed by atoms with Crippen LogP contribution in [0.5, 0.6) is 0 Å². The SMILES string of the molecule is CC(=O)Nc1ccc(NC(=O)c2cnc3n(c2=O)CCS3)cc1. The summed E-state index contributed by atoms with van der Waals surface area (Å²) in [5, 5.41) is 5.94. The Morgan fingerprint density at radius 3 is 2.48 bits per heavy atom. The van der Waals surface area contributed by atoms with Crippen molar-refractivity contribution in [3.8, 4) is 0 Å². The maximum atomic E-state index is 12.3. The van der Waals surface area contributed by atoms with Gasteiger partial charge in [0, 0.05) is 36.8 Å². The molecular formula is C15H14N4O3S. The molecule has 23 heavy (non-hydrogen) atoms. The molecule has 7 nitrogen and oxygen atoms in total. The maximum Gasteiger partial charge on any atom is 0.267 e. The molecule has 1 aromatic heterocycles. The van der Waals surface area contributed by atoms with Crippen molar-refractivity contribution in [2.24, 2.45) is 0 Å². The average molecular weight is 330 g/mol. The first-order valence-corrected chi connectivity index (χ1v) is 7.95. The largest absolute Gasteiger partial charge is 0.326 e. The minimum absolute atomic E-state index is 0.0159. The summed E-state index contributed by atoms with van der Waals surface area (Å²) in [5.74, 6) is 0.122. The van der Waals surface area contributed by atoms with E-state index >= 15 is 0 Å². The number of rotatable bonds is 3. The minimum Gasteiger partial charge on any atom is -0.326 e. The van der Waals surface area contributed by atoms with Crippen LogP contribution in [0.2, 0.25) is 0 Å². The number of aromatic nitrogens is 2. The van der Waals surface area contributed by atoms with E-state index in [1.165, 1.54) is 29.4 Å². The number of hydrogen-bond donors (Lipinski definition) is 2. The highest BCUT2D eigenvalue weighted by Crippen LogP contribution is 2.21. The smallest absolute Gasteiger partial charge is 0.267 e. The van der Waals surface area contributed by atoms with Crippen LogP contribution in [-0.2, 0) is 11.3 Å². The zero-order valence-electron chi connectivity index (χ0n) is 12.3. The first-order chi connectivity index (χ1) is 11.0. The van der Waals surface area contributed by atoms with E-state index in [4.69, 9.17) is 0 Å². The molecule has 2 amide bonds. The zero-order valence-corrected chi connectivity index (χ0v) is 13.1. The van der Waals surface area contributed by atoms with E-state index in [0.29, 0.717) is 23.1 Å². The number of nitrogens with zero attached hydrogens (tertiary/aromatic N) is 2. The molecule has 1 aliphatic heterocycles. The van der Waals surface area contributed by atoms with Crippen molar-refractivity contribution in [1.29, 1.82) is 0 Å². The fraction of sp³-hybridized carbons (Fsp3) is 0.200. The fourth-order valence-corrected chi connectivity index (χ4v) is 3.13. The van der Waals surface area contributed by atoms with E-state index < -0.39 is 5.91 Å². The molecule has 0 saturated heterocycles. The molecule has 2 heterocycles. The number of benzene rings is 1. The Labute approximate surface area is 136 Å². The summed E-state index contributed by atoms with van der Waals surface area (Å²) in [6.07, 6.45) is 1.31. The van der Waals surface area contributed by atoms with Gasteiger partial charge in [-0.3, -0.25) is 19.0 Å². The molecule has 0 unspecified atom stereocenters. The number of anilines is 2. The monoisotopic (exact) mass is 330 g/mol. The van der Waals surface area contributed by atoms with Gasteiger partial charge in [-0.15, -0.1) is 0 Å². The Balaban J connectivity index is 1.77. The first-order valence-electron chi connectivity index (χ1n) is 6.96. The van der Waals surface area contributed by atoms with Crippen LogP contribution in [0, 0.1) is 0 Å². The van der Waals surface area contributed by atoms with Crippen molar-refractivity contribution >= 4 is 35.0 Å². The Bertz CT molecular complexity index is 830. The number of carbonyl (C=O) groups excluding carboxylic acids is 2. The van der Waals surface area contributed by atoms with Gasteiger partial charge in [-0.2, -0.15) is 0 Å². The molecule has 1 aliphatic rings. The molecule has 0 atom stereocenters. The predicted octanol–water partition coefficient (Wildman–Crippen LogP) is 1.56. The van der Waals surface area contributed by atoms with Crippen molar-refractivity contribution in [2.75, 3.05) is 16.4 Å². The molecule has 2 aromatic rings. The van der Waals surface area contributed by atoms with Gasteiger partial charge in [0.15, 0.2) is 5.16 Å². The normalized spacial score (nSPS) is 12.6. The Morgan fingerprint density at radius 1 is 1.17 bits per heavy atom. The molecule has 3 rings (SSSR count). The van der Waals surface area contributed by atoms with Gasteiger partial charge in [-0.25, -0.2) is 4.98 Å². The molecule has 0 spiro atoms. The summed E-state index contributed by atoms with van der Waals surface area (Å²) in [5.41, 5.74) is 0.852. The van der Waals surface area contributed by atoms with Gasteiger partial charge in [0.2, 0.25) is 5.91 Å². The van der Waals surface area contributed by atoms with Crippen LogP contribution in [0.25, 0.3) is 0 Å². The number of amides is 2. The molecule has 0 aliphatic carbocycles. The standard InChI is InChI=1S/C15H14N4O3S/c1-9(20)17-10-2-4-11(5-3-10)18-13(21)12-8-16-15-19(14(12)22)6-7-23-15/h2-5,8H,6-7H2,1H3,(H,17,20)(H,18,21). The van der Waals surface area contributed by atoms with Gasteiger partial charge in [0.05, 0.1) is 0 Å². The van der Waals surface area contributed by atoms with Crippen molar-refractivity contribution in [3.05, 3.63) is 46.4 Å². The number of nitrogens with one attached hydrogen (secondary N) is 2. The van der Waals surface area contributed by atoms with Crippen LogP contribution in [0.1, 0.15) is 17.3 Å². The lowest BCUT2D eigenvalue weighted by atomic mass is 10.2. The fourth-order valence-electron chi connectivity index (χ4n) is 2.21. The van der Waals surface area contributed by atoms with Crippen molar-refractivity contribution < 1.29 is 9.59 Å². The number of thioether (sulfide) groups is 1. The molecule has 0 saturated carbocycles. The third-order valence-electron chi connectivity index (χ3n) is 3.26. The van der Waals surface area contributed by atoms with Crippen LogP contribution >= 0.6 is 11.8 Å². The molecule has 0 fully saturated rings. The van der Waals surface area contributed by atoms with Gasteiger partial charge in [-0.05, 0) is 24.3 Å². The molecule has 0 bridgehead atoms. The van der Waals surface area contributed by atoms with E-state index in [1.807, 2.05) is 0 Å². The second-order valence-electron chi connectivity index (χ2n) is 4.97. The number of fused-ring (bicyclic) bond motifs is 1. The van der Waals surface area contributed by atoms with Gasteiger partial charge in [-0.1, -0.05) is 11.8 Å². The lowest BCUT2D eigenvalue weighted by molar-refractivity contribution is -0.114.